The average Bonchev–Trinajstić information content (AvgIpc) is 2.95. The Morgan fingerprint density at radius 3 is 2.85 bits per heavy atom. The van der Waals surface area contributed by atoms with Crippen LogP contribution in [0.15, 0.2) is 17.5 Å². The van der Waals surface area contributed by atoms with Crippen LogP contribution < -0.4 is 10.6 Å². The van der Waals surface area contributed by atoms with Crippen molar-refractivity contribution in [2.45, 2.75) is 45.1 Å². The third kappa shape index (κ3) is 4.34. The van der Waals surface area contributed by atoms with Gasteiger partial charge in [0.25, 0.3) is 5.91 Å². The Labute approximate surface area is 124 Å². The lowest BCUT2D eigenvalue weighted by molar-refractivity contribution is -0.122. The zero-order valence-corrected chi connectivity index (χ0v) is 12.7. The van der Waals surface area contributed by atoms with Gasteiger partial charge in [0.1, 0.15) is 0 Å². The molecule has 2 rings (SSSR count). The van der Waals surface area contributed by atoms with Gasteiger partial charge in [0.15, 0.2) is 0 Å². The van der Waals surface area contributed by atoms with Gasteiger partial charge in [-0.2, -0.15) is 0 Å². The first-order chi connectivity index (χ1) is 9.66. The van der Waals surface area contributed by atoms with Crippen molar-refractivity contribution in [1.82, 2.24) is 10.6 Å². The molecule has 0 bridgehead atoms. The lowest BCUT2D eigenvalue weighted by Crippen LogP contribution is -2.42. The molecule has 110 valence electrons. The summed E-state index contributed by atoms with van der Waals surface area (Å²) in [6.07, 6.45) is 5.09. The van der Waals surface area contributed by atoms with Gasteiger partial charge in [0, 0.05) is 19.0 Å². The number of thiophene rings is 1. The normalized spacial score (nSPS) is 22.2. The molecule has 2 unspecified atom stereocenters. The van der Waals surface area contributed by atoms with Crippen molar-refractivity contribution in [3.8, 4) is 0 Å². The first-order valence-corrected chi connectivity index (χ1v) is 8.16. The maximum atomic E-state index is 11.9. The van der Waals surface area contributed by atoms with Crippen molar-refractivity contribution in [2.75, 3.05) is 6.54 Å². The standard InChI is InChI=1S/C15H22N2O2S/c1-11-5-2-3-6-12(11)17-14(18)8-9-16-15(19)13-7-4-10-20-13/h4,7,10-12H,2-3,5-6,8-9H2,1H3,(H,16,19)(H,17,18). The second kappa shape index (κ2) is 7.43. The summed E-state index contributed by atoms with van der Waals surface area (Å²) < 4.78 is 0. The summed E-state index contributed by atoms with van der Waals surface area (Å²) in [4.78, 5) is 24.2. The summed E-state index contributed by atoms with van der Waals surface area (Å²) in [5.74, 6) is 0.502. The summed E-state index contributed by atoms with van der Waals surface area (Å²) in [6.45, 7) is 2.59. The highest BCUT2D eigenvalue weighted by molar-refractivity contribution is 7.12. The number of carbonyl (C=O) groups excluding carboxylic acids is 2. The molecule has 2 atom stereocenters. The third-order valence-corrected chi connectivity index (χ3v) is 4.71. The van der Waals surface area contributed by atoms with E-state index in [-0.39, 0.29) is 11.8 Å². The van der Waals surface area contributed by atoms with Crippen LogP contribution in [0.3, 0.4) is 0 Å². The second-order valence-electron chi connectivity index (χ2n) is 5.42. The summed E-state index contributed by atoms with van der Waals surface area (Å²) >= 11 is 1.41. The molecule has 0 aliphatic heterocycles. The van der Waals surface area contributed by atoms with E-state index in [2.05, 4.69) is 17.6 Å². The molecule has 5 heteroatoms. The number of nitrogens with one attached hydrogen (secondary N) is 2. The van der Waals surface area contributed by atoms with Crippen molar-refractivity contribution < 1.29 is 9.59 Å². The molecule has 1 fully saturated rings. The van der Waals surface area contributed by atoms with Gasteiger partial charge in [-0.25, -0.2) is 0 Å². The summed E-state index contributed by atoms with van der Waals surface area (Å²) in [5, 5.41) is 7.73. The van der Waals surface area contributed by atoms with E-state index in [4.69, 9.17) is 0 Å². The second-order valence-corrected chi connectivity index (χ2v) is 6.37. The largest absolute Gasteiger partial charge is 0.353 e. The number of hydrogen-bond acceptors (Lipinski definition) is 3. The highest BCUT2D eigenvalue weighted by Crippen LogP contribution is 2.23. The molecule has 20 heavy (non-hydrogen) atoms. The van der Waals surface area contributed by atoms with Gasteiger partial charge in [-0.15, -0.1) is 11.3 Å². The van der Waals surface area contributed by atoms with Crippen LogP contribution in [-0.4, -0.2) is 24.4 Å². The van der Waals surface area contributed by atoms with Crippen LogP contribution in [-0.2, 0) is 4.79 Å². The molecule has 2 N–H and O–H groups in total. The number of rotatable bonds is 5. The van der Waals surface area contributed by atoms with Crippen molar-refractivity contribution in [3.63, 3.8) is 0 Å². The Morgan fingerprint density at radius 1 is 1.35 bits per heavy atom. The van der Waals surface area contributed by atoms with Crippen molar-refractivity contribution in [1.29, 1.82) is 0 Å². The average molecular weight is 294 g/mol. The zero-order valence-electron chi connectivity index (χ0n) is 11.9. The SMILES string of the molecule is CC1CCCCC1NC(=O)CCNC(=O)c1cccs1. The smallest absolute Gasteiger partial charge is 0.261 e. The molecule has 1 saturated carbocycles. The highest BCUT2D eigenvalue weighted by atomic mass is 32.1. The minimum atomic E-state index is -0.0983. The zero-order chi connectivity index (χ0) is 14.4. The van der Waals surface area contributed by atoms with Crippen LogP contribution in [0.2, 0.25) is 0 Å². The topological polar surface area (TPSA) is 58.2 Å². The molecule has 0 saturated heterocycles. The van der Waals surface area contributed by atoms with Crippen LogP contribution in [0.1, 0.15) is 48.7 Å². The van der Waals surface area contributed by atoms with Gasteiger partial charge in [0.05, 0.1) is 4.88 Å². The van der Waals surface area contributed by atoms with Gasteiger partial charge in [-0.3, -0.25) is 9.59 Å². The summed E-state index contributed by atoms with van der Waals surface area (Å²) in [5.41, 5.74) is 0. The minimum absolute atomic E-state index is 0.0372. The summed E-state index contributed by atoms with van der Waals surface area (Å²) in [6, 6.07) is 3.94. The summed E-state index contributed by atoms with van der Waals surface area (Å²) in [7, 11) is 0. The van der Waals surface area contributed by atoms with Gasteiger partial charge in [-0.1, -0.05) is 25.8 Å². The molecule has 0 spiro atoms. The third-order valence-electron chi connectivity index (χ3n) is 3.84. The fourth-order valence-corrected chi connectivity index (χ4v) is 3.23. The molecule has 1 aromatic heterocycles. The van der Waals surface area contributed by atoms with E-state index in [1.54, 1.807) is 6.07 Å². The van der Waals surface area contributed by atoms with Gasteiger partial charge >= 0.3 is 0 Å². The molecule has 0 radical (unpaired) electrons. The fraction of sp³-hybridized carbons (Fsp3) is 0.600. The molecular formula is C15H22N2O2S. The maximum Gasteiger partial charge on any atom is 0.261 e. The fourth-order valence-electron chi connectivity index (χ4n) is 2.59. The van der Waals surface area contributed by atoms with Crippen LogP contribution in [0.5, 0.6) is 0 Å². The highest BCUT2D eigenvalue weighted by Gasteiger charge is 2.22. The van der Waals surface area contributed by atoms with Gasteiger partial charge in [-0.05, 0) is 30.2 Å². The van der Waals surface area contributed by atoms with E-state index >= 15 is 0 Å². The van der Waals surface area contributed by atoms with E-state index in [1.807, 2.05) is 11.4 Å². The van der Waals surface area contributed by atoms with E-state index < -0.39 is 0 Å². The van der Waals surface area contributed by atoms with E-state index in [0.717, 1.165) is 6.42 Å². The van der Waals surface area contributed by atoms with E-state index in [9.17, 15) is 9.59 Å². The minimum Gasteiger partial charge on any atom is -0.353 e. The van der Waals surface area contributed by atoms with Crippen LogP contribution >= 0.6 is 11.3 Å². The molecular weight excluding hydrogens is 272 g/mol. The van der Waals surface area contributed by atoms with E-state index in [1.165, 1.54) is 30.6 Å². The molecule has 2 amide bonds. The van der Waals surface area contributed by atoms with Crippen LogP contribution in [0, 0.1) is 5.92 Å². The molecule has 1 aliphatic rings. The van der Waals surface area contributed by atoms with Gasteiger partial charge < -0.3 is 10.6 Å². The van der Waals surface area contributed by atoms with Crippen LogP contribution in [0.25, 0.3) is 0 Å². The Hall–Kier alpha value is -1.36. The first-order valence-electron chi connectivity index (χ1n) is 7.28. The quantitative estimate of drug-likeness (QED) is 0.877. The maximum absolute atomic E-state index is 11.9. The number of carbonyl (C=O) groups is 2. The Bertz CT molecular complexity index is 445. The van der Waals surface area contributed by atoms with E-state index in [0.29, 0.717) is 29.8 Å². The molecule has 1 heterocycles. The number of amides is 2. The lowest BCUT2D eigenvalue weighted by atomic mass is 9.86. The predicted octanol–water partition coefficient (Wildman–Crippen LogP) is 2.56. The first kappa shape index (κ1) is 15.0. The Kier molecular flexibility index (Phi) is 5.59. The lowest BCUT2D eigenvalue weighted by Gasteiger charge is -2.29. The molecule has 4 nitrogen and oxygen atoms in total. The van der Waals surface area contributed by atoms with Crippen LogP contribution in [0.4, 0.5) is 0 Å². The van der Waals surface area contributed by atoms with Gasteiger partial charge in [0.2, 0.25) is 5.91 Å². The Morgan fingerprint density at radius 2 is 2.15 bits per heavy atom. The van der Waals surface area contributed by atoms with Crippen molar-refractivity contribution in [2.24, 2.45) is 5.92 Å². The Balaban J connectivity index is 1.66. The molecule has 1 aliphatic carbocycles. The molecule has 1 aromatic rings. The monoisotopic (exact) mass is 294 g/mol. The van der Waals surface area contributed by atoms with Crippen molar-refractivity contribution in [3.05, 3.63) is 22.4 Å². The predicted molar refractivity (Wildman–Crippen MR) is 80.8 cm³/mol. The number of hydrogen-bond donors (Lipinski definition) is 2. The van der Waals surface area contributed by atoms with Crippen molar-refractivity contribution >= 4 is 23.2 Å². The molecule has 0 aromatic carbocycles.